The van der Waals surface area contributed by atoms with Crippen molar-refractivity contribution in [3.63, 3.8) is 0 Å². The van der Waals surface area contributed by atoms with Gasteiger partial charge in [-0.1, -0.05) is 0 Å². The maximum Gasteiger partial charge on any atom is 0.252 e. The van der Waals surface area contributed by atoms with E-state index in [2.05, 4.69) is 10.3 Å². The minimum Gasteiger partial charge on any atom is -0.369 e. The first kappa shape index (κ1) is 11.5. The van der Waals surface area contributed by atoms with E-state index in [0.717, 1.165) is 6.42 Å². The van der Waals surface area contributed by atoms with Crippen molar-refractivity contribution in [2.75, 3.05) is 11.9 Å². The summed E-state index contributed by atoms with van der Waals surface area (Å²) >= 11 is 0. The summed E-state index contributed by atoms with van der Waals surface area (Å²) in [4.78, 5) is 15.1. The van der Waals surface area contributed by atoms with E-state index in [0.29, 0.717) is 17.9 Å². The van der Waals surface area contributed by atoms with Crippen LogP contribution < -0.4 is 16.8 Å². The SMILES string of the molecule is CC(N)CCNc1ncccc1C(N)=O. The molecular weight excluding hydrogens is 192 g/mol. The number of nitrogens with two attached hydrogens (primary N) is 2. The molecule has 15 heavy (non-hydrogen) atoms. The molecule has 0 aliphatic carbocycles. The van der Waals surface area contributed by atoms with Gasteiger partial charge < -0.3 is 16.8 Å². The minimum absolute atomic E-state index is 0.123. The molecule has 0 saturated carbocycles. The van der Waals surface area contributed by atoms with Gasteiger partial charge in [-0.25, -0.2) is 4.98 Å². The maximum absolute atomic E-state index is 11.0. The van der Waals surface area contributed by atoms with Gasteiger partial charge >= 0.3 is 0 Å². The van der Waals surface area contributed by atoms with E-state index in [1.165, 1.54) is 0 Å². The molecule has 1 aromatic heterocycles. The fraction of sp³-hybridized carbons (Fsp3) is 0.400. The molecule has 0 fully saturated rings. The van der Waals surface area contributed by atoms with Gasteiger partial charge in [0.15, 0.2) is 0 Å². The molecule has 0 bridgehead atoms. The fourth-order valence-corrected chi connectivity index (χ4v) is 1.16. The standard InChI is InChI=1S/C10H16N4O/c1-7(11)4-6-14-10-8(9(12)15)3-2-5-13-10/h2-3,5,7H,4,6,11H2,1H3,(H2,12,15)(H,13,14). The van der Waals surface area contributed by atoms with Gasteiger partial charge in [-0.2, -0.15) is 0 Å². The number of primary amides is 1. The van der Waals surface area contributed by atoms with Crippen LogP contribution in [0.5, 0.6) is 0 Å². The van der Waals surface area contributed by atoms with Gasteiger partial charge in [0.1, 0.15) is 5.82 Å². The molecule has 1 amide bonds. The summed E-state index contributed by atoms with van der Waals surface area (Å²) in [6.45, 7) is 2.60. The van der Waals surface area contributed by atoms with E-state index >= 15 is 0 Å². The highest BCUT2D eigenvalue weighted by molar-refractivity contribution is 5.97. The first-order valence-corrected chi connectivity index (χ1v) is 4.85. The normalized spacial score (nSPS) is 12.1. The summed E-state index contributed by atoms with van der Waals surface area (Å²) in [6.07, 6.45) is 2.43. The summed E-state index contributed by atoms with van der Waals surface area (Å²) in [5.41, 5.74) is 11.2. The smallest absolute Gasteiger partial charge is 0.252 e. The Bertz CT molecular complexity index is 338. The second-order valence-electron chi connectivity index (χ2n) is 3.46. The lowest BCUT2D eigenvalue weighted by atomic mass is 10.2. The van der Waals surface area contributed by atoms with Crippen LogP contribution in [0.1, 0.15) is 23.7 Å². The van der Waals surface area contributed by atoms with Gasteiger partial charge in [-0.05, 0) is 25.5 Å². The number of rotatable bonds is 5. The van der Waals surface area contributed by atoms with Gasteiger partial charge in [-0.15, -0.1) is 0 Å². The topological polar surface area (TPSA) is 94.0 Å². The lowest BCUT2D eigenvalue weighted by molar-refractivity contribution is 0.100. The van der Waals surface area contributed by atoms with Crippen molar-refractivity contribution in [1.29, 1.82) is 0 Å². The maximum atomic E-state index is 11.0. The Balaban J connectivity index is 2.63. The van der Waals surface area contributed by atoms with Gasteiger partial charge in [0.25, 0.3) is 5.91 Å². The van der Waals surface area contributed by atoms with Crippen LogP contribution in [0.3, 0.4) is 0 Å². The van der Waals surface area contributed by atoms with Crippen molar-refractivity contribution in [3.8, 4) is 0 Å². The molecule has 82 valence electrons. The first-order valence-electron chi connectivity index (χ1n) is 4.85. The Hall–Kier alpha value is -1.62. The molecular formula is C10H16N4O. The summed E-state index contributed by atoms with van der Waals surface area (Å²) in [6, 6.07) is 3.44. The third kappa shape index (κ3) is 3.55. The summed E-state index contributed by atoms with van der Waals surface area (Å²) in [5.74, 6) is 0.0389. The number of carbonyl (C=O) groups excluding carboxylic acids is 1. The number of anilines is 1. The van der Waals surface area contributed by atoms with Crippen LogP contribution in [0, 0.1) is 0 Å². The van der Waals surface area contributed by atoms with Crippen LogP contribution in [-0.4, -0.2) is 23.5 Å². The summed E-state index contributed by atoms with van der Waals surface area (Å²) in [7, 11) is 0. The number of pyridine rings is 1. The zero-order valence-electron chi connectivity index (χ0n) is 8.73. The van der Waals surface area contributed by atoms with Crippen molar-refractivity contribution < 1.29 is 4.79 Å². The molecule has 5 N–H and O–H groups in total. The van der Waals surface area contributed by atoms with E-state index in [9.17, 15) is 4.79 Å². The van der Waals surface area contributed by atoms with Crippen LogP contribution in [0.15, 0.2) is 18.3 Å². The third-order valence-corrected chi connectivity index (χ3v) is 1.97. The van der Waals surface area contributed by atoms with Gasteiger partial charge in [0.2, 0.25) is 0 Å². The molecule has 5 heteroatoms. The van der Waals surface area contributed by atoms with Crippen LogP contribution in [-0.2, 0) is 0 Å². The number of nitrogens with one attached hydrogen (secondary N) is 1. The Morgan fingerprint density at radius 1 is 1.67 bits per heavy atom. The minimum atomic E-state index is -0.480. The first-order chi connectivity index (χ1) is 7.11. The molecule has 0 aliphatic rings. The second kappa shape index (κ2) is 5.31. The molecule has 1 rings (SSSR count). The zero-order valence-corrected chi connectivity index (χ0v) is 8.73. The molecule has 0 aliphatic heterocycles. The molecule has 1 aromatic rings. The number of nitrogens with zero attached hydrogens (tertiary/aromatic N) is 1. The van der Waals surface area contributed by atoms with E-state index in [-0.39, 0.29) is 6.04 Å². The van der Waals surface area contributed by atoms with E-state index in [1.54, 1.807) is 18.3 Å². The summed E-state index contributed by atoms with van der Waals surface area (Å²) in [5, 5.41) is 3.03. The highest BCUT2D eigenvalue weighted by atomic mass is 16.1. The number of carbonyl (C=O) groups is 1. The zero-order chi connectivity index (χ0) is 11.3. The average Bonchev–Trinajstić information content (AvgIpc) is 2.17. The lowest BCUT2D eigenvalue weighted by Gasteiger charge is -2.09. The monoisotopic (exact) mass is 208 g/mol. The molecule has 1 unspecified atom stereocenters. The Morgan fingerprint density at radius 2 is 2.40 bits per heavy atom. The quantitative estimate of drug-likeness (QED) is 0.650. The fourth-order valence-electron chi connectivity index (χ4n) is 1.16. The Morgan fingerprint density at radius 3 is 3.00 bits per heavy atom. The van der Waals surface area contributed by atoms with Gasteiger partial charge in [0, 0.05) is 18.8 Å². The summed E-state index contributed by atoms with van der Waals surface area (Å²) < 4.78 is 0. The highest BCUT2D eigenvalue weighted by Crippen LogP contribution is 2.10. The van der Waals surface area contributed by atoms with E-state index in [1.807, 2.05) is 6.92 Å². The van der Waals surface area contributed by atoms with Crippen LogP contribution >= 0.6 is 0 Å². The Kier molecular flexibility index (Phi) is 4.05. The molecule has 0 aromatic carbocycles. The number of aromatic nitrogens is 1. The highest BCUT2D eigenvalue weighted by Gasteiger charge is 2.07. The predicted molar refractivity (Wildman–Crippen MR) is 59.5 cm³/mol. The predicted octanol–water partition coefficient (Wildman–Crippen LogP) is 0.330. The molecule has 1 atom stereocenters. The van der Waals surface area contributed by atoms with Gasteiger partial charge in [0.05, 0.1) is 5.56 Å². The van der Waals surface area contributed by atoms with Crippen molar-refractivity contribution in [2.24, 2.45) is 11.5 Å². The van der Waals surface area contributed by atoms with Crippen LogP contribution in [0.25, 0.3) is 0 Å². The Labute approximate surface area is 88.9 Å². The molecule has 0 saturated heterocycles. The van der Waals surface area contributed by atoms with Crippen molar-refractivity contribution >= 4 is 11.7 Å². The largest absolute Gasteiger partial charge is 0.369 e. The number of hydrogen-bond acceptors (Lipinski definition) is 4. The lowest BCUT2D eigenvalue weighted by Crippen LogP contribution is -2.21. The van der Waals surface area contributed by atoms with Crippen molar-refractivity contribution in [1.82, 2.24) is 4.98 Å². The van der Waals surface area contributed by atoms with Crippen molar-refractivity contribution in [3.05, 3.63) is 23.9 Å². The van der Waals surface area contributed by atoms with Crippen LogP contribution in [0.4, 0.5) is 5.82 Å². The number of amides is 1. The van der Waals surface area contributed by atoms with Crippen LogP contribution in [0.2, 0.25) is 0 Å². The molecule has 0 radical (unpaired) electrons. The number of hydrogen-bond donors (Lipinski definition) is 3. The average molecular weight is 208 g/mol. The molecule has 0 spiro atoms. The van der Waals surface area contributed by atoms with E-state index in [4.69, 9.17) is 11.5 Å². The molecule has 1 heterocycles. The van der Waals surface area contributed by atoms with Crippen molar-refractivity contribution in [2.45, 2.75) is 19.4 Å². The third-order valence-electron chi connectivity index (χ3n) is 1.97. The van der Waals surface area contributed by atoms with E-state index < -0.39 is 5.91 Å². The van der Waals surface area contributed by atoms with Gasteiger partial charge in [-0.3, -0.25) is 4.79 Å². The molecule has 5 nitrogen and oxygen atoms in total. The second-order valence-corrected chi connectivity index (χ2v) is 3.46.